The second-order valence-corrected chi connectivity index (χ2v) is 5.65. The van der Waals surface area contributed by atoms with E-state index >= 15 is 0 Å². The number of nitrogens with zero attached hydrogens (tertiary/aromatic N) is 2. The second-order valence-electron chi connectivity index (χ2n) is 4.84. The number of benzene rings is 1. The van der Waals surface area contributed by atoms with Crippen LogP contribution in [0.4, 0.5) is 0 Å². The Kier molecular flexibility index (Phi) is 4.36. The standard InChI is InChI=1S/C15H14Cl2N2O2/c16-13-2-1-11(7-14(13)17)12(8-15-20-5-6-21-15)9-19-4-3-18-10-19/h1-7,10,12,15H,8-9H2. The molecule has 21 heavy (non-hydrogen) atoms. The van der Waals surface area contributed by atoms with Crippen LogP contribution in [-0.2, 0) is 16.0 Å². The Morgan fingerprint density at radius 1 is 1.19 bits per heavy atom. The summed E-state index contributed by atoms with van der Waals surface area (Å²) in [4.78, 5) is 4.07. The van der Waals surface area contributed by atoms with Gasteiger partial charge in [-0.25, -0.2) is 4.98 Å². The zero-order valence-corrected chi connectivity index (χ0v) is 12.7. The predicted octanol–water partition coefficient (Wildman–Crippen LogP) is 4.21. The highest BCUT2D eigenvalue weighted by molar-refractivity contribution is 6.42. The van der Waals surface area contributed by atoms with Crippen molar-refractivity contribution in [3.05, 3.63) is 65.1 Å². The van der Waals surface area contributed by atoms with Crippen LogP contribution in [0.3, 0.4) is 0 Å². The van der Waals surface area contributed by atoms with Crippen molar-refractivity contribution in [1.29, 1.82) is 0 Å². The first-order valence-corrected chi connectivity index (χ1v) is 7.34. The highest BCUT2D eigenvalue weighted by atomic mass is 35.5. The van der Waals surface area contributed by atoms with Crippen molar-refractivity contribution in [2.45, 2.75) is 25.2 Å². The fourth-order valence-corrected chi connectivity index (χ4v) is 2.65. The van der Waals surface area contributed by atoms with Crippen LogP contribution < -0.4 is 0 Å². The van der Waals surface area contributed by atoms with Gasteiger partial charge in [0.25, 0.3) is 0 Å². The lowest BCUT2D eigenvalue weighted by molar-refractivity contribution is -0.0338. The predicted molar refractivity (Wildman–Crippen MR) is 81.1 cm³/mol. The lowest BCUT2D eigenvalue weighted by Gasteiger charge is -2.21. The van der Waals surface area contributed by atoms with E-state index in [4.69, 9.17) is 32.7 Å². The van der Waals surface area contributed by atoms with Gasteiger partial charge in [-0.2, -0.15) is 0 Å². The van der Waals surface area contributed by atoms with Crippen molar-refractivity contribution in [3.8, 4) is 0 Å². The van der Waals surface area contributed by atoms with E-state index in [0.717, 1.165) is 12.1 Å². The van der Waals surface area contributed by atoms with Gasteiger partial charge in [0.05, 0.1) is 16.4 Å². The number of hydrogen-bond acceptors (Lipinski definition) is 3. The van der Waals surface area contributed by atoms with Gasteiger partial charge >= 0.3 is 0 Å². The topological polar surface area (TPSA) is 36.3 Å². The molecule has 0 saturated carbocycles. The molecule has 2 heterocycles. The van der Waals surface area contributed by atoms with E-state index in [1.807, 2.05) is 29.0 Å². The normalized spacial score (nSPS) is 15.7. The molecular formula is C15H14Cl2N2O2. The Balaban J connectivity index is 1.81. The molecule has 110 valence electrons. The second kappa shape index (κ2) is 6.41. The van der Waals surface area contributed by atoms with Crippen LogP contribution in [0.1, 0.15) is 17.9 Å². The molecule has 1 aliphatic heterocycles. The number of rotatable bonds is 5. The minimum Gasteiger partial charge on any atom is -0.459 e. The van der Waals surface area contributed by atoms with Crippen molar-refractivity contribution in [2.75, 3.05) is 0 Å². The molecule has 0 bridgehead atoms. The molecule has 1 atom stereocenters. The summed E-state index contributed by atoms with van der Waals surface area (Å²) in [6, 6.07) is 5.70. The molecule has 3 rings (SSSR count). The molecule has 0 N–H and O–H groups in total. The maximum absolute atomic E-state index is 6.13. The first-order chi connectivity index (χ1) is 10.2. The van der Waals surface area contributed by atoms with Gasteiger partial charge in [0.2, 0.25) is 6.29 Å². The summed E-state index contributed by atoms with van der Waals surface area (Å²) in [5.41, 5.74) is 1.09. The molecule has 1 aliphatic rings. The number of ether oxygens (including phenoxy) is 2. The van der Waals surface area contributed by atoms with E-state index in [-0.39, 0.29) is 12.2 Å². The van der Waals surface area contributed by atoms with Crippen molar-refractivity contribution in [1.82, 2.24) is 9.55 Å². The average Bonchev–Trinajstić information content (AvgIpc) is 3.14. The SMILES string of the molecule is Clc1ccc(C(CC2OC=CO2)Cn2ccnc2)cc1Cl. The molecule has 0 radical (unpaired) electrons. The summed E-state index contributed by atoms with van der Waals surface area (Å²) in [6.07, 6.45) is 9.05. The van der Waals surface area contributed by atoms with Crippen LogP contribution in [0.25, 0.3) is 0 Å². The van der Waals surface area contributed by atoms with E-state index in [1.165, 1.54) is 0 Å². The fourth-order valence-electron chi connectivity index (χ4n) is 2.35. The van der Waals surface area contributed by atoms with Gasteiger partial charge in [0.15, 0.2) is 0 Å². The number of imidazole rings is 1. The fraction of sp³-hybridized carbons (Fsp3) is 0.267. The van der Waals surface area contributed by atoms with Gasteiger partial charge in [-0.3, -0.25) is 0 Å². The third-order valence-corrected chi connectivity index (χ3v) is 4.14. The maximum atomic E-state index is 6.13. The monoisotopic (exact) mass is 324 g/mol. The van der Waals surface area contributed by atoms with Gasteiger partial charge in [-0.1, -0.05) is 29.3 Å². The summed E-state index contributed by atoms with van der Waals surface area (Å²) < 4.78 is 12.8. The third-order valence-electron chi connectivity index (χ3n) is 3.40. The third kappa shape index (κ3) is 3.52. The van der Waals surface area contributed by atoms with E-state index in [0.29, 0.717) is 16.5 Å². The van der Waals surface area contributed by atoms with Crippen LogP contribution in [0.2, 0.25) is 10.0 Å². The summed E-state index contributed by atoms with van der Waals surface area (Å²) >= 11 is 12.1. The van der Waals surface area contributed by atoms with Crippen LogP contribution >= 0.6 is 23.2 Å². The molecule has 2 aromatic rings. The first-order valence-electron chi connectivity index (χ1n) is 6.59. The zero-order valence-electron chi connectivity index (χ0n) is 11.2. The summed E-state index contributed by atoms with van der Waals surface area (Å²) in [5, 5.41) is 1.10. The molecular weight excluding hydrogens is 311 g/mol. The smallest absolute Gasteiger partial charge is 0.240 e. The molecule has 6 heteroatoms. The quantitative estimate of drug-likeness (QED) is 0.826. The van der Waals surface area contributed by atoms with Gasteiger partial charge in [0.1, 0.15) is 12.5 Å². The zero-order chi connectivity index (χ0) is 14.7. The summed E-state index contributed by atoms with van der Waals surface area (Å²) in [7, 11) is 0. The van der Waals surface area contributed by atoms with Crippen LogP contribution in [0, 0.1) is 0 Å². The van der Waals surface area contributed by atoms with E-state index in [9.17, 15) is 0 Å². The highest BCUT2D eigenvalue weighted by Crippen LogP contribution is 2.31. The molecule has 0 spiro atoms. The van der Waals surface area contributed by atoms with E-state index in [2.05, 4.69) is 4.98 Å². The number of hydrogen-bond donors (Lipinski definition) is 0. The molecule has 4 nitrogen and oxygen atoms in total. The van der Waals surface area contributed by atoms with Gasteiger partial charge < -0.3 is 14.0 Å². The van der Waals surface area contributed by atoms with E-state index in [1.54, 1.807) is 25.0 Å². The minimum absolute atomic E-state index is 0.180. The van der Waals surface area contributed by atoms with Crippen LogP contribution in [0.15, 0.2) is 49.4 Å². The number of halogens is 2. The lowest BCUT2D eigenvalue weighted by Crippen LogP contribution is -2.17. The average molecular weight is 325 g/mol. The van der Waals surface area contributed by atoms with Crippen molar-refractivity contribution in [2.24, 2.45) is 0 Å². The van der Waals surface area contributed by atoms with Gasteiger partial charge in [-0.15, -0.1) is 0 Å². The van der Waals surface area contributed by atoms with Crippen LogP contribution in [-0.4, -0.2) is 15.8 Å². The van der Waals surface area contributed by atoms with Crippen molar-refractivity contribution in [3.63, 3.8) is 0 Å². The maximum Gasteiger partial charge on any atom is 0.240 e. The van der Waals surface area contributed by atoms with Crippen LogP contribution in [0.5, 0.6) is 0 Å². The van der Waals surface area contributed by atoms with E-state index < -0.39 is 0 Å². The molecule has 1 aromatic heterocycles. The Bertz CT molecular complexity index is 621. The molecule has 0 fully saturated rings. The molecule has 0 amide bonds. The summed E-state index contributed by atoms with van der Waals surface area (Å²) in [5.74, 6) is 0.180. The first kappa shape index (κ1) is 14.3. The minimum atomic E-state index is -0.270. The Morgan fingerprint density at radius 2 is 2.00 bits per heavy atom. The van der Waals surface area contributed by atoms with Crippen molar-refractivity contribution >= 4 is 23.2 Å². The molecule has 0 aliphatic carbocycles. The van der Waals surface area contributed by atoms with Gasteiger partial charge in [0, 0.05) is 31.3 Å². The van der Waals surface area contributed by atoms with Gasteiger partial charge in [-0.05, 0) is 17.7 Å². The Morgan fingerprint density at radius 3 is 2.67 bits per heavy atom. The molecule has 1 unspecified atom stereocenters. The Labute approximate surface area is 132 Å². The number of aromatic nitrogens is 2. The molecule has 1 aromatic carbocycles. The highest BCUT2D eigenvalue weighted by Gasteiger charge is 2.22. The lowest BCUT2D eigenvalue weighted by atomic mass is 9.95. The Hall–Kier alpha value is -1.65. The molecule has 0 saturated heterocycles. The largest absolute Gasteiger partial charge is 0.459 e. The summed E-state index contributed by atoms with van der Waals surface area (Å²) in [6.45, 7) is 0.765. The van der Waals surface area contributed by atoms with Crippen molar-refractivity contribution < 1.29 is 9.47 Å².